The van der Waals surface area contributed by atoms with E-state index in [2.05, 4.69) is 235 Å². The largest absolute Gasteiger partial charge is 0.298 e. The molecule has 5 rings (SSSR count). The summed E-state index contributed by atoms with van der Waals surface area (Å²) in [5.74, 6) is 0.732. The van der Waals surface area contributed by atoms with Crippen LogP contribution in [-0.4, -0.2) is 7.05 Å². The number of anilines is 1. The average Bonchev–Trinajstić information content (AvgIpc) is 3.47. The molecule has 0 atom stereocenters. The minimum Gasteiger partial charge on any atom is -0.298 e. The zero-order valence-corrected chi connectivity index (χ0v) is 39.7. The second-order valence-corrected chi connectivity index (χ2v) is 17.2. The van der Waals surface area contributed by atoms with Crippen LogP contribution in [0.4, 0.5) is 5.69 Å². The summed E-state index contributed by atoms with van der Waals surface area (Å²) in [6.07, 6.45) is 22.6. The van der Waals surface area contributed by atoms with Gasteiger partial charge in [-0.15, -0.1) is 0 Å². The number of hydrazine groups is 1. The Bertz CT molecular complexity index is 2190. The summed E-state index contributed by atoms with van der Waals surface area (Å²) in [6.45, 7) is 32.8. The average molecular weight is 801 g/mol. The van der Waals surface area contributed by atoms with Crippen molar-refractivity contribution in [3.05, 3.63) is 191 Å². The number of aryl methyl sites for hydroxylation is 1. The Morgan fingerprint density at radius 2 is 1.48 bits per heavy atom. The highest BCUT2D eigenvalue weighted by Gasteiger charge is 2.35. The van der Waals surface area contributed by atoms with E-state index in [1.807, 2.05) is 25.2 Å². The number of rotatable bonds is 14. The zero-order valence-electron chi connectivity index (χ0n) is 39.7. The van der Waals surface area contributed by atoms with Gasteiger partial charge in [0.15, 0.2) is 0 Å². The number of fused-ring (bicyclic) bond motifs is 3. The fourth-order valence-electron chi connectivity index (χ4n) is 7.31. The van der Waals surface area contributed by atoms with Crippen molar-refractivity contribution >= 4 is 22.5 Å². The van der Waals surface area contributed by atoms with E-state index in [1.165, 1.54) is 55.7 Å². The normalized spacial score (nSPS) is 13.8. The third kappa shape index (κ3) is 13.3. The SMILES string of the molecule is C/C=C(\NN(C)c1cccc(/C(C)=C/C(C)=C\CC)c1)c1ccc2c(c1)C(C)(C)c1ccccc1-2.C=C(/C=C\C=C/C)c1ccccc1CC.CCC=CC(C)(C)C(C)C. The molecular weight excluding hydrogens is 725 g/mol. The Morgan fingerprint density at radius 1 is 0.800 bits per heavy atom. The Balaban J connectivity index is 0.000000315. The lowest BCUT2D eigenvalue weighted by molar-refractivity contribution is 0.332. The van der Waals surface area contributed by atoms with Crippen LogP contribution in [0.2, 0.25) is 0 Å². The highest BCUT2D eigenvalue weighted by molar-refractivity contribution is 5.83. The number of allylic oxidation sites excluding steroid dienone is 12. The van der Waals surface area contributed by atoms with Gasteiger partial charge in [-0.25, -0.2) is 0 Å². The van der Waals surface area contributed by atoms with Crippen LogP contribution in [0, 0.1) is 11.3 Å². The lowest BCUT2D eigenvalue weighted by Crippen LogP contribution is -2.33. The fourth-order valence-corrected chi connectivity index (χ4v) is 7.31. The summed E-state index contributed by atoms with van der Waals surface area (Å²) in [5.41, 5.74) is 20.4. The van der Waals surface area contributed by atoms with E-state index < -0.39 is 0 Å². The fraction of sp³-hybridized carbons (Fsp3) is 0.345. The number of hydrogen-bond donors (Lipinski definition) is 1. The van der Waals surface area contributed by atoms with Gasteiger partial charge in [-0.2, -0.15) is 0 Å². The maximum absolute atomic E-state index is 4.08. The van der Waals surface area contributed by atoms with E-state index in [0.717, 1.165) is 42.1 Å². The molecule has 2 heteroatoms. The van der Waals surface area contributed by atoms with E-state index in [-0.39, 0.29) is 5.41 Å². The van der Waals surface area contributed by atoms with Crippen molar-refractivity contribution in [1.82, 2.24) is 5.43 Å². The predicted molar refractivity (Wildman–Crippen MR) is 270 cm³/mol. The summed E-state index contributed by atoms with van der Waals surface area (Å²) < 4.78 is 0. The van der Waals surface area contributed by atoms with Crippen LogP contribution in [0.25, 0.3) is 28.0 Å². The molecule has 0 saturated heterocycles. The summed E-state index contributed by atoms with van der Waals surface area (Å²) >= 11 is 0. The van der Waals surface area contributed by atoms with Crippen LogP contribution in [0.1, 0.15) is 136 Å². The molecule has 2 nitrogen and oxygen atoms in total. The monoisotopic (exact) mass is 801 g/mol. The third-order valence-electron chi connectivity index (χ3n) is 11.7. The molecule has 60 heavy (non-hydrogen) atoms. The van der Waals surface area contributed by atoms with Gasteiger partial charge in [-0.3, -0.25) is 10.4 Å². The summed E-state index contributed by atoms with van der Waals surface area (Å²) in [5, 5.41) is 2.11. The smallest absolute Gasteiger partial charge is 0.0574 e. The van der Waals surface area contributed by atoms with Crippen molar-refractivity contribution in [3.8, 4) is 11.1 Å². The molecule has 1 aliphatic carbocycles. The molecule has 1 aliphatic rings. The predicted octanol–water partition coefficient (Wildman–Crippen LogP) is 16.8. The van der Waals surface area contributed by atoms with Crippen LogP contribution in [-0.2, 0) is 11.8 Å². The summed E-state index contributed by atoms with van der Waals surface area (Å²) in [4.78, 5) is 0. The van der Waals surface area contributed by atoms with Crippen molar-refractivity contribution in [1.29, 1.82) is 0 Å². The first kappa shape index (κ1) is 49.0. The van der Waals surface area contributed by atoms with E-state index >= 15 is 0 Å². The van der Waals surface area contributed by atoms with Gasteiger partial charge in [0.05, 0.1) is 11.4 Å². The van der Waals surface area contributed by atoms with Crippen LogP contribution >= 0.6 is 0 Å². The van der Waals surface area contributed by atoms with Crippen molar-refractivity contribution in [2.45, 2.75) is 115 Å². The minimum atomic E-state index is -0.00473. The first-order valence-electron chi connectivity index (χ1n) is 22.2. The van der Waals surface area contributed by atoms with Crippen molar-refractivity contribution in [2.24, 2.45) is 11.3 Å². The highest BCUT2D eigenvalue weighted by Crippen LogP contribution is 2.49. The molecule has 318 valence electrons. The van der Waals surface area contributed by atoms with Gasteiger partial charge in [0.2, 0.25) is 0 Å². The standard InChI is InChI=1S/C33H38N2.C15H18.C10H20/c1-8-13-23(3)20-24(4)25-14-12-15-27(21-25)35(7)34-32(9-2)26-18-19-29-28-16-10-11-17-30(28)33(5,6)31(29)22-26;1-4-6-7-10-13(3)15-12-9-8-11-14(15)5-2;1-6-7-8-10(4,5)9(2)3/h9-22,34H,8H2,1-7H3;4,6-12H,3,5H2,1-2H3;7-9H,6H2,1-5H3/b23-13-,24-20+,32-9-;6-4-,10-7-;. The quantitative estimate of drug-likeness (QED) is 0.0776. The van der Waals surface area contributed by atoms with Gasteiger partial charge < -0.3 is 0 Å². The van der Waals surface area contributed by atoms with Crippen LogP contribution in [0.5, 0.6) is 0 Å². The second-order valence-electron chi connectivity index (χ2n) is 17.2. The first-order valence-corrected chi connectivity index (χ1v) is 22.2. The topological polar surface area (TPSA) is 15.3 Å². The molecule has 0 aliphatic heterocycles. The molecule has 0 saturated carbocycles. The lowest BCUT2D eigenvalue weighted by atomic mass is 9.81. The Kier molecular flexibility index (Phi) is 19.2. The van der Waals surface area contributed by atoms with Crippen LogP contribution < -0.4 is 10.4 Å². The molecule has 0 unspecified atom stereocenters. The van der Waals surface area contributed by atoms with E-state index in [0.29, 0.717) is 5.41 Å². The minimum absolute atomic E-state index is 0.00473. The van der Waals surface area contributed by atoms with Crippen molar-refractivity contribution in [2.75, 3.05) is 12.1 Å². The number of nitrogens with one attached hydrogen (secondary N) is 1. The van der Waals surface area contributed by atoms with Gasteiger partial charge in [0.1, 0.15) is 0 Å². The molecule has 0 spiro atoms. The van der Waals surface area contributed by atoms with E-state index in [9.17, 15) is 0 Å². The molecule has 4 aromatic carbocycles. The molecule has 1 N–H and O–H groups in total. The van der Waals surface area contributed by atoms with Crippen LogP contribution in [0.15, 0.2) is 158 Å². The van der Waals surface area contributed by atoms with E-state index in [4.69, 9.17) is 0 Å². The van der Waals surface area contributed by atoms with Crippen LogP contribution in [0.3, 0.4) is 0 Å². The van der Waals surface area contributed by atoms with E-state index in [1.54, 1.807) is 0 Å². The van der Waals surface area contributed by atoms with Crippen molar-refractivity contribution < 1.29 is 0 Å². The van der Waals surface area contributed by atoms with Gasteiger partial charge in [-0.05, 0) is 132 Å². The zero-order chi connectivity index (χ0) is 44.5. The molecule has 0 bridgehead atoms. The molecule has 0 heterocycles. The van der Waals surface area contributed by atoms with Crippen molar-refractivity contribution in [3.63, 3.8) is 0 Å². The third-order valence-corrected chi connectivity index (χ3v) is 11.7. The first-order chi connectivity index (χ1) is 28.6. The Labute approximate surface area is 366 Å². The molecule has 0 radical (unpaired) electrons. The second kappa shape index (κ2) is 23.4. The Hall–Kier alpha value is -5.34. The number of hydrogen-bond acceptors (Lipinski definition) is 2. The molecule has 4 aromatic rings. The molecule has 0 amide bonds. The number of nitrogens with zero attached hydrogens (tertiary/aromatic N) is 1. The lowest BCUT2D eigenvalue weighted by Gasteiger charge is -2.26. The molecule has 0 aromatic heterocycles. The number of benzene rings is 4. The molecule has 0 fully saturated rings. The van der Waals surface area contributed by atoms with Gasteiger partial charge in [0, 0.05) is 12.5 Å². The maximum atomic E-state index is 4.08. The van der Waals surface area contributed by atoms with Gasteiger partial charge in [-0.1, -0.05) is 202 Å². The highest BCUT2D eigenvalue weighted by atomic mass is 15.5. The molecular formula is C58H76N2. The summed E-state index contributed by atoms with van der Waals surface area (Å²) in [6, 6.07) is 32.8. The van der Waals surface area contributed by atoms with Gasteiger partial charge in [0.25, 0.3) is 0 Å². The maximum Gasteiger partial charge on any atom is 0.0574 e. The summed E-state index contributed by atoms with van der Waals surface area (Å²) in [7, 11) is 2.08. The van der Waals surface area contributed by atoms with Gasteiger partial charge >= 0.3 is 0 Å². The Morgan fingerprint density at radius 3 is 2.13 bits per heavy atom.